The molecule has 0 fully saturated rings. The van der Waals surface area contributed by atoms with E-state index in [9.17, 15) is 8.42 Å². The molecule has 4 aromatic rings. The maximum Gasteiger partial charge on any atom is 0.258 e. The lowest BCUT2D eigenvalue weighted by Crippen LogP contribution is -2.04. The molecule has 4 heterocycles. The first-order chi connectivity index (χ1) is 11.0. The topological polar surface area (TPSA) is 106 Å². The van der Waals surface area contributed by atoms with Crippen molar-refractivity contribution in [3.8, 4) is 0 Å². The summed E-state index contributed by atoms with van der Waals surface area (Å²) in [7, 11) is -3.93. The number of nitrogens with zero attached hydrogens (tertiary/aromatic N) is 2. The smallest absolute Gasteiger partial charge is 0.258 e. The Morgan fingerprint density at radius 2 is 2.30 bits per heavy atom. The number of halogens is 1. The summed E-state index contributed by atoms with van der Waals surface area (Å²) in [4.78, 5) is 7.48. The Bertz CT molecular complexity index is 1120. The molecule has 120 valence electrons. The lowest BCUT2D eigenvalue weighted by atomic mass is 10.2. The molecule has 0 bridgehead atoms. The van der Waals surface area contributed by atoms with Crippen molar-refractivity contribution in [3.05, 3.63) is 34.6 Å². The van der Waals surface area contributed by atoms with Gasteiger partial charge >= 0.3 is 0 Å². The molecule has 0 amide bonds. The van der Waals surface area contributed by atoms with Crippen molar-refractivity contribution >= 4 is 48.8 Å². The second-order valence-electron chi connectivity index (χ2n) is 4.93. The first kappa shape index (κ1) is 14.8. The van der Waals surface area contributed by atoms with Gasteiger partial charge in [-0.05, 0) is 18.5 Å². The Hall–Kier alpha value is -1.81. The number of rotatable bonds is 4. The zero-order valence-corrected chi connectivity index (χ0v) is 14.0. The molecule has 0 aliphatic rings. The van der Waals surface area contributed by atoms with Crippen LogP contribution in [0.25, 0.3) is 16.1 Å². The fourth-order valence-electron chi connectivity index (χ4n) is 2.51. The van der Waals surface area contributed by atoms with Gasteiger partial charge in [-0.15, -0.1) is 11.3 Å². The monoisotopic (exact) mass is 370 g/mol. The van der Waals surface area contributed by atoms with E-state index in [1.165, 1.54) is 21.8 Å². The van der Waals surface area contributed by atoms with Crippen LogP contribution in [0.4, 0.5) is 0 Å². The van der Waals surface area contributed by atoms with Crippen molar-refractivity contribution in [3.63, 3.8) is 0 Å². The van der Waals surface area contributed by atoms with Crippen LogP contribution in [-0.4, -0.2) is 29.3 Å². The van der Waals surface area contributed by atoms with E-state index in [2.05, 4.69) is 9.97 Å². The van der Waals surface area contributed by atoms with Gasteiger partial charge in [0.1, 0.15) is 0 Å². The number of thiazole rings is 1. The highest BCUT2D eigenvalue weighted by atomic mass is 35.5. The normalized spacial score (nSPS) is 12.6. The lowest BCUT2D eigenvalue weighted by Gasteiger charge is -1.99. The summed E-state index contributed by atoms with van der Waals surface area (Å²) in [5.41, 5.74) is 6.87. The number of sulfone groups is 1. The molecule has 0 aliphatic heterocycles. The van der Waals surface area contributed by atoms with Crippen LogP contribution >= 0.6 is 22.9 Å². The number of H-pyrrole nitrogens is 1. The van der Waals surface area contributed by atoms with Gasteiger partial charge in [0, 0.05) is 29.2 Å². The minimum absolute atomic E-state index is 0.0703. The van der Waals surface area contributed by atoms with Gasteiger partial charge in [-0.1, -0.05) is 11.6 Å². The third-order valence-electron chi connectivity index (χ3n) is 3.54. The third kappa shape index (κ3) is 2.12. The molecule has 7 nitrogen and oxygen atoms in total. The Morgan fingerprint density at radius 3 is 3.09 bits per heavy atom. The molecule has 0 radical (unpaired) electrons. The summed E-state index contributed by atoms with van der Waals surface area (Å²) in [6.45, 7) is 0.462. The molecular formula is C13H11ClN4O3S2. The molecule has 3 N–H and O–H groups in total. The fraction of sp³-hybridized carbons (Fsp3) is 0.154. The average molecular weight is 371 g/mol. The number of furan rings is 1. The Morgan fingerprint density at radius 1 is 1.48 bits per heavy atom. The second-order valence-corrected chi connectivity index (χ2v) is 7.95. The lowest BCUT2D eigenvalue weighted by molar-refractivity contribution is 0.474. The van der Waals surface area contributed by atoms with Gasteiger partial charge < -0.3 is 15.1 Å². The number of hydrogen-bond acceptors (Lipinski definition) is 6. The second kappa shape index (κ2) is 5.10. The molecule has 10 heteroatoms. The van der Waals surface area contributed by atoms with Crippen LogP contribution in [0.1, 0.15) is 5.56 Å². The summed E-state index contributed by atoms with van der Waals surface area (Å²) in [5.74, 6) is 0. The quantitative estimate of drug-likeness (QED) is 0.573. The maximum absolute atomic E-state index is 12.9. The van der Waals surface area contributed by atoms with Crippen LogP contribution in [0.2, 0.25) is 5.15 Å². The van der Waals surface area contributed by atoms with E-state index in [0.717, 1.165) is 5.56 Å². The number of aromatic amines is 1. The van der Waals surface area contributed by atoms with Crippen LogP contribution < -0.4 is 5.73 Å². The van der Waals surface area contributed by atoms with Crippen molar-refractivity contribution in [2.45, 2.75) is 16.5 Å². The van der Waals surface area contributed by atoms with Crippen molar-refractivity contribution in [1.82, 2.24) is 14.4 Å². The van der Waals surface area contributed by atoms with E-state index in [0.29, 0.717) is 29.0 Å². The molecule has 0 atom stereocenters. The van der Waals surface area contributed by atoms with Crippen LogP contribution in [0.15, 0.2) is 38.4 Å². The maximum atomic E-state index is 12.9. The molecule has 0 aromatic carbocycles. The standard InChI is InChI=1S/C13H11ClN4O3S2/c14-10-12(18-3-4-22-13(18)17-10)23(19,20)9-5-8-7(1-2-15)6-16-11(8)21-9/h3-6,16H,1-2,15H2. The largest absolute Gasteiger partial charge is 0.428 e. The predicted octanol–water partition coefficient (Wildman–Crippen LogP) is 2.46. The summed E-state index contributed by atoms with van der Waals surface area (Å²) < 4.78 is 32.7. The molecule has 0 unspecified atom stereocenters. The van der Waals surface area contributed by atoms with Crippen molar-refractivity contribution in [1.29, 1.82) is 0 Å². The number of imidazole rings is 1. The first-order valence-electron chi connectivity index (χ1n) is 6.68. The number of nitrogens with one attached hydrogen (secondary N) is 1. The van der Waals surface area contributed by atoms with E-state index in [4.69, 9.17) is 21.8 Å². The number of nitrogens with two attached hydrogens (primary N) is 1. The van der Waals surface area contributed by atoms with Gasteiger partial charge in [0.05, 0.1) is 0 Å². The van der Waals surface area contributed by atoms with Gasteiger partial charge in [0.25, 0.3) is 9.84 Å². The Labute approximate surface area is 139 Å². The highest BCUT2D eigenvalue weighted by Gasteiger charge is 2.31. The highest BCUT2D eigenvalue weighted by molar-refractivity contribution is 7.91. The Kier molecular flexibility index (Phi) is 3.27. The fourth-order valence-corrected chi connectivity index (χ4v) is 5.14. The number of hydrogen-bond donors (Lipinski definition) is 2. The van der Waals surface area contributed by atoms with E-state index >= 15 is 0 Å². The molecular weight excluding hydrogens is 360 g/mol. The van der Waals surface area contributed by atoms with Crippen molar-refractivity contribution in [2.24, 2.45) is 5.73 Å². The molecule has 0 spiro atoms. The van der Waals surface area contributed by atoms with E-state index in [1.807, 2.05) is 0 Å². The SMILES string of the molecule is NCCc1c[nH]c2oc(S(=O)(=O)c3c(Cl)nc4sccn34)cc12. The molecule has 4 rings (SSSR count). The minimum atomic E-state index is -3.93. The number of fused-ring (bicyclic) bond motifs is 2. The minimum Gasteiger partial charge on any atom is -0.428 e. The van der Waals surface area contributed by atoms with Crippen LogP contribution in [0, 0.1) is 0 Å². The van der Waals surface area contributed by atoms with Crippen molar-refractivity contribution in [2.75, 3.05) is 6.54 Å². The molecule has 0 saturated carbocycles. The zero-order valence-electron chi connectivity index (χ0n) is 11.6. The van der Waals surface area contributed by atoms with E-state index in [1.54, 1.807) is 17.8 Å². The predicted molar refractivity (Wildman–Crippen MR) is 86.9 cm³/mol. The van der Waals surface area contributed by atoms with Crippen molar-refractivity contribution < 1.29 is 12.8 Å². The molecule has 0 aliphatic carbocycles. The van der Waals surface area contributed by atoms with Crippen LogP contribution in [-0.2, 0) is 16.3 Å². The first-order valence-corrected chi connectivity index (χ1v) is 9.42. The average Bonchev–Trinajstić information content (AvgIpc) is 3.19. The highest BCUT2D eigenvalue weighted by Crippen LogP contribution is 2.33. The summed E-state index contributed by atoms with van der Waals surface area (Å²) in [6.07, 6.45) is 4.00. The van der Waals surface area contributed by atoms with Crippen LogP contribution in [0.5, 0.6) is 0 Å². The summed E-state index contributed by atoms with van der Waals surface area (Å²) in [6, 6.07) is 1.49. The molecule has 0 saturated heterocycles. The zero-order chi connectivity index (χ0) is 16.2. The van der Waals surface area contributed by atoms with Gasteiger partial charge in [-0.25, -0.2) is 13.4 Å². The van der Waals surface area contributed by atoms with Gasteiger partial charge in [-0.2, -0.15) is 0 Å². The van der Waals surface area contributed by atoms with Gasteiger partial charge in [0.15, 0.2) is 15.1 Å². The van der Waals surface area contributed by atoms with Crippen LogP contribution in [0.3, 0.4) is 0 Å². The molecule has 4 aromatic heterocycles. The number of aromatic nitrogens is 3. The van der Waals surface area contributed by atoms with Gasteiger partial charge in [-0.3, -0.25) is 4.40 Å². The summed E-state index contributed by atoms with van der Waals surface area (Å²) in [5, 5.41) is 2.11. The van der Waals surface area contributed by atoms with E-state index < -0.39 is 9.84 Å². The Balaban J connectivity index is 1.91. The van der Waals surface area contributed by atoms with E-state index in [-0.39, 0.29) is 15.3 Å². The summed E-state index contributed by atoms with van der Waals surface area (Å²) >= 11 is 7.33. The van der Waals surface area contributed by atoms with Gasteiger partial charge in [0.2, 0.25) is 10.8 Å². The third-order valence-corrected chi connectivity index (χ3v) is 6.31. The molecule has 23 heavy (non-hydrogen) atoms.